The van der Waals surface area contributed by atoms with Gasteiger partial charge in [0.25, 0.3) is 0 Å². The van der Waals surface area contributed by atoms with Gasteiger partial charge in [-0.1, -0.05) is 12.1 Å². The Hall–Kier alpha value is -2.04. The van der Waals surface area contributed by atoms with Crippen LogP contribution < -0.4 is 0 Å². The zero-order chi connectivity index (χ0) is 20.8. The SMILES string of the molecule is Cc1csc(C(O)(CC(=O)N2CCCC2c2nc3ccccc3s2)C(F)(F)F)n1. The van der Waals surface area contributed by atoms with Crippen LogP contribution in [0.4, 0.5) is 13.2 Å². The second-order valence-corrected chi connectivity index (χ2v) is 9.01. The van der Waals surface area contributed by atoms with Crippen molar-refractivity contribution in [2.75, 3.05) is 6.54 Å². The summed E-state index contributed by atoms with van der Waals surface area (Å²) < 4.78 is 42.2. The number of benzene rings is 1. The molecule has 1 aliphatic rings. The van der Waals surface area contributed by atoms with Crippen molar-refractivity contribution in [3.8, 4) is 0 Å². The summed E-state index contributed by atoms with van der Waals surface area (Å²) in [5.74, 6) is -0.751. The summed E-state index contributed by atoms with van der Waals surface area (Å²) in [7, 11) is 0. The second-order valence-electron chi connectivity index (χ2n) is 7.09. The standard InChI is InChI=1S/C19H18F3N3O2S2/c1-11-10-28-17(23-11)18(27,19(20,21)22)9-15(26)25-8-4-6-13(25)16-24-12-5-2-3-7-14(12)29-16/h2-3,5,7,10,13,27H,4,6,8-9H2,1H3. The van der Waals surface area contributed by atoms with Gasteiger partial charge in [-0.05, 0) is 31.9 Å². The third-order valence-electron chi connectivity index (χ3n) is 5.02. The first-order valence-corrected chi connectivity index (χ1v) is 10.8. The van der Waals surface area contributed by atoms with Gasteiger partial charge >= 0.3 is 6.18 Å². The van der Waals surface area contributed by atoms with E-state index in [1.165, 1.54) is 21.6 Å². The summed E-state index contributed by atoms with van der Waals surface area (Å²) in [6, 6.07) is 7.16. The number of carbonyl (C=O) groups is 1. The topological polar surface area (TPSA) is 66.3 Å². The summed E-state index contributed by atoms with van der Waals surface area (Å²) in [5.41, 5.74) is -2.13. The van der Waals surface area contributed by atoms with E-state index in [2.05, 4.69) is 9.97 Å². The van der Waals surface area contributed by atoms with E-state index in [4.69, 9.17) is 0 Å². The first-order chi connectivity index (χ1) is 13.7. The molecule has 1 amide bonds. The van der Waals surface area contributed by atoms with Gasteiger partial charge < -0.3 is 10.0 Å². The summed E-state index contributed by atoms with van der Waals surface area (Å²) in [6.07, 6.45) is -4.80. The summed E-state index contributed by atoms with van der Waals surface area (Å²) in [4.78, 5) is 22.7. The van der Waals surface area contributed by atoms with E-state index < -0.39 is 29.1 Å². The number of aryl methyl sites for hydroxylation is 1. The summed E-state index contributed by atoms with van der Waals surface area (Å²) in [5, 5.41) is 12.1. The number of halogens is 3. The average molecular weight is 442 g/mol. The molecule has 154 valence electrons. The highest BCUT2D eigenvalue weighted by Gasteiger charge is 2.58. The molecule has 0 aliphatic carbocycles. The third kappa shape index (κ3) is 3.64. The molecule has 5 nitrogen and oxygen atoms in total. The molecule has 1 aliphatic heterocycles. The molecule has 0 saturated carbocycles. The molecule has 0 spiro atoms. The minimum Gasteiger partial charge on any atom is -0.374 e. The number of aromatic nitrogens is 2. The molecule has 3 aromatic rings. The molecule has 1 N–H and O–H groups in total. The molecule has 3 heterocycles. The number of amides is 1. The molecule has 0 radical (unpaired) electrons. The molecule has 29 heavy (non-hydrogen) atoms. The lowest BCUT2D eigenvalue weighted by molar-refractivity contribution is -0.268. The van der Waals surface area contributed by atoms with Crippen LogP contribution in [0.5, 0.6) is 0 Å². The van der Waals surface area contributed by atoms with Crippen LogP contribution in [0.25, 0.3) is 10.2 Å². The van der Waals surface area contributed by atoms with E-state index in [0.717, 1.165) is 10.2 Å². The van der Waals surface area contributed by atoms with Crippen molar-refractivity contribution in [3.63, 3.8) is 0 Å². The number of hydrogen-bond acceptors (Lipinski definition) is 6. The monoisotopic (exact) mass is 441 g/mol. The lowest BCUT2D eigenvalue weighted by atomic mass is 9.98. The lowest BCUT2D eigenvalue weighted by Gasteiger charge is -2.31. The minimum atomic E-state index is -5.02. The number of para-hydroxylation sites is 1. The quantitative estimate of drug-likeness (QED) is 0.644. The van der Waals surface area contributed by atoms with E-state index in [9.17, 15) is 23.1 Å². The highest BCUT2D eigenvalue weighted by molar-refractivity contribution is 7.18. The molecule has 4 rings (SSSR count). The van der Waals surface area contributed by atoms with Crippen LogP contribution in [-0.4, -0.2) is 38.6 Å². The van der Waals surface area contributed by atoms with Gasteiger partial charge in [-0.2, -0.15) is 13.2 Å². The van der Waals surface area contributed by atoms with Gasteiger partial charge in [0.2, 0.25) is 11.5 Å². The maximum atomic E-state index is 13.7. The van der Waals surface area contributed by atoms with Gasteiger partial charge in [0, 0.05) is 17.6 Å². The van der Waals surface area contributed by atoms with Crippen molar-refractivity contribution in [2.24, 2.45) is 0 Å². The Morgan fingerprint density at radius 1 is 1.31 bits per heavy atom. The van der Waals surface area contributed by atoms with Crippen LogP contribution >= 0.6 is 22.7 Å². The van der Waals surface area contributed by atoms with Crippen molar-refractivity contribution in [3.05, 3.63) is 45.4 Å². The maximum absolute atomic E-state index is 13.7. The molecule has 10 heteroatoms. The number of hydrogen-bond donors (Lipinski definition) is 1. The Bertz CT molecular complexity index is 1020. The first-order valence-electron chi connectivity index (χ1n) is 9.06. The van der Waals surface area contributed by atoms with Crippen molar-refractivity contribution in [1.82, 2.24) is 14.9 Å². The maximum Gasteiger partial charge on any atom is 0.424 e. The molecule has 0 bridgehead atoms. The Labute approximate surface area is 172 Å². The largest absolute Gasteiger partial charge is 0.424 e. The van der Waals surface area contributed by atoms with Gasteiger partial charge in [-0.3, -0.25) is 4.79 Å². The van der Waals surface area contributed by atoms with Gasteiger partial charge in [0.15, 0.2) is 0 Å². The van der Waals surface area contributed by atoms with Crippen molar-refractivity contribution >= 4 is 38.8 Å². The van der Waals surface area contributed by atoms with E-state index in [1.54, 1.807) is 6.92 Å². The third-order valence-corrected chi connectivity index (χ3v) is 7.27. The van der Waals surface area contributed by atoms with Crippen molar-refractivity contribution < 1.29 is 23.1 Å². The number of alkyl halides is 3. The van der Waals surface area contributed by atoms with Gasteiger partial charge in [0.1, 0.15) is 10.0 Å². The first kappa shape index (κ1) is 20.2. The fourth-order valence-electron chi connectivity index (χ4n) is 3.52. The van der Waals surface area contributed by atoms with Crippen LogP contribution in [0.1, 0.15) is 41.0 Å². The number of aliphatic hydroxyl groups is 1. The Morgan fingerprint density at radius 3 is 2.72 bits per heavy atom. The number of fused-ring (bicyclic) bond motifs is 1. The number of rotatable bonds is 4. The van der Waals surface area contributed by atoms with Crippen LogP contribution in [0.15, 0.2) is 29.6 Å². The number of thiazole rings is 2. The van der Waals surface area contributed by atoms with E-state index >= 15 is 0 Å². The van der Waals surface area contributed by atoms with E-state index in [1.807, 2.05) is 24.3 Å². The normalized spacial score (nSPS) is 19.6. The minimum absolute atomic E-state index is 0.338. The number of carbonyl (C=O) groups excluding carboxylic acids is 1. The Morgan fingerprint density at radius 2 is 2.07 bits per heavy atom. The fourth-order valence-corrected chi connectivity index (χ4v) is 5.55. The smallest absolute Gasteiger partial charge is 0.374 e. The molecule has 1 saturated heterocycles. The molecule has 2 atom stereocenters. The predicted octanol–water partition coefficient (Wildman–Crippen LogP) is 4.56. The van der Waals surface area contributed by atoms with Gasteiger partial charge in [-0.15, -0.1) is 22.7 Å². The van der Waals surface area contributed by atoms with Crippen LogP contribution in [0, 0.1) is 6.92 Å². The highest BCUT2D eigenvalue weighted by Crippen LogP contribution is 2.44. The van der Waals surface area contributed by atoms with Crippen molar-refractivity contribution in [1.29, 1.82) is 0 Å². The van der Waals surface area contributed by atoms with Crippen molar-refractivity contribution in [2.45, 2.75) is 44.0 Å². The Kier molecular flexibility index (Phi) is 5.12. The second kappa shape index (κ2) is 7.33. The van der Waals surface area contributed by atoms with Gasteiger partial charge in [0.05, 0.1) is 22.7 Å². The summed E-state index contributed by atoms with van der Waals surface area (Å²) >= 11 is 2.14. The average Bonchev–Trinajstić information content (AvgIpc) is 3.38. The van der Waals surface area contributed by atoms with Crippen LogP contribution in [0.3, 0.4) is 0 Å². The van der Waals surface area contributed by atoms with E-state index in [-0.39, 0.29) is 6.04 Å². The lowest BCUT2D eigenvalue weighted by Crippen LogP contribution is -2.47. The zero-order valence-electron chi connectivity index (χ0n) is 15.4. The zero-order valence-corrected chi connectivity index (χ0v) is 17.1. The molecule has 2 aromatic heterocycles. The molecular formula is C19H18F3N3O2S2. The molecule has 2 unspecified atom stereocenters. The molecule has 1 fully saturated rings. The van der Waals surface area contributed by atoms with Crippen LogP contribution in [0.2, 0.25) is 0 Å². The number of likely N-dealkylation sites (tertiary alicyclic amines) is 1. The van der Waals surface area contributed by atoms with Gasteiger partial charge in [-0.25, -0.2) is 9.97 Å². The predicted molar refractivity (Wildman–Crippen MR) is 105 cm³/mol. The van der Waals surface area contributed by atoms with E-state index in [0.29, 0.717) is 41.4 Å². The molecular weight excluding hydrogens is 423 g/mol. The Balaban J connectivity index is 1.62. The fraction of sp³-hybridized carbons (Fsp3) is 0.421. The number of nitrogens with zero attached hydrogens (tertiary/aromatic N) is 3. The summed E-state index contributed by atoms with van der Waals surface area (Å²) in [6.45, 7) is 1.88. The molecule has 1 aromatic carbocycles. The van der Waals surface area contributed by atoms with Crippen LogP contribution in [-0.2, 0) is 10.4 Å². The highest BCUT2D eigenvalue weighted by atomic mass is 32.1.